The van der Waals surface area contributed by atoms with E-state index >= 15 is 0 Å². The van der Waals surface area contributed by atoms with Crippen molar-refractivity contribution in [3.05, 3.63) is 28.8 Å². The average Bonchev–Trinajstić information content (AvgIpc) is 2.49. The van der Waals surface area contributed by atoms with E-state index in [1.807, 2.05) is 32.9 Å². The van der Waals surface area contributed by atoms with Gasteiger partial charge in [0.05, 0.1) is 6.10 Å². The van der Waals surface area contributed by atoms with Gasteiger partial charge < -0.3 is 15.7 Å². The minimum atomic E-state index is -0.662. The zero-order valence-electron chi connectivity index (χ0n) is 14.1. The highest BCUT2D eigenvalue weighted by molar-refractivity contribution is 6.39. The van der Waals surface area contributed by atoms with Crippen LogP contribution in [-0.4, -0.2) is 29.6 Å². The second-order valence-corrected chi connectivity index (χ2v) is 6.55. The summed E-state index contributed by atoms with van der Waals surface area (Å²) in [5, 5.41) is 15.2. The lowest BCUT2D eigenvalue weighted by Gasteiger charge is -2.27. The van der Waals surface area contributed by atoms with Crippen LogP contribution < -0.4 is 10.6 Å². The Morgan fingerprint density at radius 1 is 1.09 bits per heavy atom. The first-order chi connectivity index (χ1) is 10.9. The van der Waals surface area contributed by atoms with Crippen molar-refractivity contribution in [1.29, 1.82) is 0 Å². The molecule has 5 nitrogen and oxygen atoms in total. The Bertz CT molecular complexity index is 575. The van der Waals surface area contributed by atoms with E-state index in [4.69, 9.17) is 0 Å². The number of nitrogens with one attached hydrogen (secondary N) is 2. The molecule has 2 atom stereocenters. The highest BCUT2D eigenvalue weighted by Gasteiger charge is 2.24. The van der Waals surface area contributed by atoms with Crippen LogP contribution in [0.5, 0.6) is 0 Å². The summed E-state index contributed by atoms with van der Waals surface area (Å²) in [5.41, 5.74) is 3.68. The highest BCUT2D eigenvalue weighted by Crippen LogP contribution is 2.24. The SMILES string of the molecule is Cc1cc(C)c(NC(=O)C(=O)NC[C@@H]2CCCC[C@@H]2O)c(C)c1. The molecule has 1 saturated carbocycles. The van der Waals surface area contributed by atoms with Crippen LogP contribution in [0.4, 0.5) is 5.69 Å². The molecule has 1 aromatic rings. The third-order valence-electron chi connectivity index (χ3n) is 4.52. The fourth-order valence-corrected chi connectivity index (χ4v) is 3.28. The molecule has 0 aromatic heterocycles. The first-order valence-electron chi connectivity index (χ1n) is 8.23. The van der Waals surface area contributed by atoms with Gasteiger partial charge in [-0.25, -0.2) is 0 Å². The van der Waals surface area contributed by atoms with Crippen molar-refractivity contribution in [3.8, 4) is 0 Å². The Morgan fingerprint density at radius 3 is 2.30 bits per heavy atom. The minimum absolute atomic E-state index is 0.0448. The van der Waals surface area contributed by atoms with Gasteiger partial charge in [-0.3, -0.25) is 9.59 Å². The number of anilines is 1. The van der Waals surface area contributed by atoms with Crippen molar-refractivity contribution in [2.45, 2.75) is 52.6 Å². The predicted molar refractivity (Wildman–Crippen MR) is 90.3 cm³/mol. The van der Waals surface area contributed by atoms with Crippen molar-refractivity contribution >= 4 is 17.5 Å². The maximum atomic E-state index is 12.1. The molecule has 3 N–H and O–H groups in total. The smallest absolute Gasteiger partial charge is 0.313 e. The number of aliphatic hydroxyl groups is 1. The van der Waals surface area contributed by atoms with Crippen LogP contribution in [0.2, 0.25) is 0 Å². The molecular weight excluding hydrogens is 292 g/mol. The first kappa shape index (κ1) is 17.5. The summed E-state index contributed by atoms with van der Waals surface area (Å²) >= 11 is 0. The third kappa shape index (κ3) is 4.55. The van der Waals surface area contributed by atoms with E-state index in [0.717, 1.165) is 42.4 Å². The minimum Gasteiger partial charge on any atom is -0.393 e. The maximum Gasteiger partial charge on any atom is 0.313 e. The Morgan fingerprint density at radius 2 is 1.70 bits per heavy atom. The Labute approximate surface area is 137 Å². The van der Waals surface area contributed by atoms with Crippen molar-refractivity contribution in [2.75, 3.05) is 11.9 Å². The third-order valence-corrected chi connectivity index (χ3v) is 4.52. The van der Waals surface area contributed by atoms with Gasteiger partial charge >= 0.3 is 11.8 Å². The summed E-state index contributed by atoms with van der Waals surface area (Å²) in [4.78, 5) is 24.1. The largest absolute Gasteiger partial charge is 0.393 e. The van der Waals surface area contributed by atoms with Crippen LogP contribution in [0, 0.1) is 26.7 Å². The van der Waals surface area contributed by atoms with E-state index in [0.29, 0.717) is 12.2 Å². The molecule has 0 aliphatic heterocycles. The number of aryl methyl sites for hydroxylation is 3. The second-order valence-electron chi connectivity index (χ2n) is 6.55. The first-order valence-corrected chi connectivity index (χ1v) is 8.23. The summed E-state index contributed by atoms with van der Waals surface area (Å²) in [6, 6.07) is 3.94. The molecule has 2 rings (SSSR count). The van der Waals surface area contributed by atoms with Crippen molar-refractivity contribution < 1.29 is 14.7 Å². The van der Waals surface area contributed by atoms with Gasteiger partial charge in [-0.15, -0.1) is 0 Å². The maximum absolute atomic E-state index is 12.1. The molecule has 5 heteroatoms. The van der Waals surface area contributed by atoms with Gasteiger partial charge in [0.1, 0.15) is 0 Å². The van der Waals surface area contributed by atoms with Gasteiger partial charge in [-0.2, -0.15) is 0 Å². The molecule has 0 heterocycles. The molecule has 0 bridgehead atoms. The quantitative estimate of drug-likeness (QED) is 0.748. The molecule has 1 aliphatic rings. The van der Waals surface area contributed by atoms with Crippen molar-refractivity contribution in [1.82, 2.24) is 5.32 Å². The number of hydrogen-bond acceptors (Lipinski definition) is 3. The number of benzene rings is 1. The lowest BCUT2D eigenvalue weighted by molar-refractivity contribution is -0.136. The van der Waals surface area contributed by atoms with Crippen LogP contribution in [-0.2, 0) is 9.59 Å². The lowest BCUT2D eigenvalue weighted by Crippen LogP contribution is -2.41. The number of carbonyl (C=O) groups excluding carboxylic acids is 2. The van der Waals surface area contributed by atoms with E-state index in [1.165, 1.54) is 0 Å². The van der Waals surface area contributed by atoms with Crippen LogP contribution in [0.1, 0.15) is 42.4 Å². The topological polar surface area (TPSA) is 78.4 Å². The highest BCUT2D eigenvalue weighted by atomic mass is 16.3. The summed E-state index contributed by atoms with van der Waals surface area (Å²) in [7, 11) is 0. The molecular formula is C18H26N2O3. The fraction of sp³-hybridized carbons (Fsp3) is 0.556. The summed E-state index contributed by atoms with van der Waals surface area (Å²) in [5.74, 6) is -1.27. The average molecular weight is 318 g/mol. The molecule has 2 amide bonds. The Balaban J connectivity index is 1.91. The fourth-order valence-electron chi connectivity index (χ4n) is 3.28. The summed E-state index contributed by atoms with van der Waals surface area (Å²) in [6.45, 7) is 6.16. The standard InChI is InChI=1S/C18H26N2O3/c1-11-8-12(2)16(13(3)9-11)20-18(23)17(22)19-10-14-6-4-5-7-15(14)21/h8-9,14-15,21H,4-7,10H2,1-3H3,(H,19,22)(H,20,23)/t14-,15-/m0/s1. The molecule has 0 radical (unpaired) electrons. The summed E-state index contributed by atoms with van der Waals surface area (Å²) in [6.07, 6.45) is 3.37. The van der Waals surface area contributed by atoms with E-state index in [-0.39, 0.29) is 12.0 Å². The van der Waals surface area contributed by atoms with Gasteiger partial charge in [0.15, 0.2) is 0 Å². The zero-order chi connectivity index (χ0) is 17.0. The normalized spacial score (nSPS) is 20.9. The zero-order valence-corrected chi connectivity index (χ0v) is 14.1. The molecule has 0 spiro atoms. The van der Waals surface area contributed by atoms with E-state index in [2.05, 4.69) is 10.6 Å². The molecule has 23 heavy (non-hydrogen) atoms. The molecule has 1 aliphatic carbocycles. The number of rotatable bonds is 3. The number of amides is 2. The Kier molecular flexibility index (Phi) is 5.77. The van der Waals surface area contributed by atoms with Gasteiger partial charge in [0.2, 0.25) is 0 Å². The molecule has 1 fully saturated rings. The van der Waals surface area contributed by atoms with Gasteiger partial charge in [-0.05, 0) is 44.7 Å². The number of carbonyl (C=O) groups is 2. The predicted octanol–water partition coefficient (Wildman–Crippen LogP) is 2.22. The van der Waals surface area contributed by atoms with E-state index < -0.39 is 11.8 Å². The van der Waals surface area contributed by atoms with Gasteiger partial charge in [0.25, 0.3) is 0 Å². The monoisotopic (exact) mass is 318 g/mol. The number of aliphatic hydroxyl groups excluding tert-OH is 1. The van der Waals surface area contributed by atoms with E-state index in [1.54, 1.807) is 0 Å². The van der Waals surface area contributed by atoms with Crippen LogP contribution in [0.25, 0.3) is 0 Å². The van der Waals surface area contributed by atoms with Crippen LogP contribution >= 0.6 is 0 Å². The molecule has 1 aromatic carbocycles. The Hall–Kier alpha value is -1.88. The second kappa shape index (κ2) is 7.59. The molecule has 126 valence electrons. The number of hydrogen-bond donors (Lipinski definition) is 3. The molecule has 0 saturated heterocycles. The van der Waals surface area contributed by atoms with Crippen molar-refractivity contribution in [2.24, 2.45) is 5.92 Å². The van der Waals surface area contributed by atoms with Crippen LogP contribution in [0.3, 0.4) is 0 Å². The van der Waals surface area contributed by atoms with Gasteiger partial charge in [0, 0.05) is 18.2 Å². The molecule has 0 unspecified atom stereocenters. The summed E-state index contributed by atoms with van der Waals surface area (Å²) < 4.78 is 0. The lowest BCUT2D eigenvalue weighted by atomic mass is 9.86. The van der Waals surface area contributed by atoms with Crippen molar-refractivity contribution in [3.63, 3.8) is 0 Å². The van der Waals surface area contributed by atoms with E-state index in [9.17, 15) is 14.7 Å². The van der Waals surface area contributed by atoms with Crippen LogP contribution in [0.15, 0.2) is 12.1 Å². The van der Waals surface area contributed by atoms with Gasteiger partial charge in [-0.1, -0.05) is 30.5 Å².